The quantitative estimate of drug-likeness (QED) is 0.569. The lowest BCUT2D eigenvalue weighted by Crippen LogP contribution is -2.44. The summed E-state index contributed by atoms with van der Waals surface area (Å²) < 4.78 is 41.3. The molecule has 1 saturated heterocycles. The number of ether oxygens (including phenoxy) is 1. The fourth-order valence-electron chi connectivity index (χ4n) is 3.19. The van der Waals surface area contributed by atoms with E-state index in [4.69, 9.17) is 4.74 Å². The SMILES string of the molecule is CN=C(NCc1ccc(OCC(F)(F)F)cc1)NC1CCN(c2ccccc2)C1. The summed E-state index contributed by atoms with van der Waals surface area (Å²) in [5.41, 5.74) is 2.14. The molecule has 0 aromatic heterocycles. The molecule has 1 aliphatic heterocycles. The van der Waals surface area contributed by atoms with Crippen molar-refractivity contribution in [2.24, 2.45) is 4.99 Å². The molecule has 1 atom stereocenters. The van der Waals surface area contributed by atoms with Gasteiger partial charge in [-0.2, -0.15) is 13.2 Å². The standard InChI is InChI=1S/C21H25F3N4O/c1-25-20(27-17-11-12-28(14-17)18-5-3-2-4-6-18)26-13-16-7-9-19(10-8-16)29-15-21(22,23)24/h2-10,17H,11-15H2,1H3,(H2,25,26,27). The Kier molecular flexibility index (Phi) is 6.85. The van der Waals surface area contributed by atoms with E-state index in [-0.39, 0.29) is 5.75 Å². The van der Waals surface area contributed by atoms with E-state index in [1.165, 1.54) is 17.8 Å². The summed E-state index contributed by atoms with van der Waals surface area (Å²) in [4.78, 5) is 6.60. The number of hydrogen-bond donors (Lipinski definition) is 2. The summed E-state index contributed by atoms with van der Waals surface area (Å²) >= 11 is 0. The van der Waals surface area contributed by atoms with Gasteiger partial charge in [0.2, 0.25) is 0 Å². The van der Waals surface area contributed by atoms with Crippen LogP contribution >= 0.6 is 0 Å². The highest BCUT2D eigenvalue weighted by molar-refractivity contribution is 5.80. The van der Waals surface area contributed by atoms with Crippen LogP contribution in [0, 0.1) is 0 Å². The molecular weight excluding hydrogens is 381 g/mol. The van der Waals surface area contributed by atoms with Crippen molar-refractivity contribution < 1.29 is 17.9 Å². The van der Waals surface area contributed by atoms with Crippen LogP contribution < -0.4 is 20.3 Å². The normalized spacial score (nSPS) is 17.3. The molecule has 0 bridgehead atoms. The summed E-state index contributed by atoms with van der Waals surface area (Å²) in [5.74, 6) is 0.892. The van der Waals surface area contributed by atoms with Crippen molar-refractivity contribution in [1.29, 1.82) is 0 Å². The molecule has 1 fully saturated rings. The fraction of sp³-hybridized carbons (Fsp3) is 0.381. The Morgan fingerprint density at radius 2 is 1.86 bits per heavy atom. The van der Waals surface area contributed by atoms with E-state index in [0.29, 0.717) is 18.5 Å². The Bertz CT molecular complexity index is 794. The molecular formula is C21H25F3N4O. The number of nitrogens with zero attached hydrogens (tertiary/aromatic N) is 2. The highest BCUT2D eigenvalue weighted by Crippen LogP contribution is 2.20. The van der Waals surface area contributed by atoms with Crippen LogP contribution in [0.1, 0.15) is 12.0 Å². The molecule has 2 aromatic carbocycles. The van der Waals surface area contributed by atoms with Gasteiger partial charge in [-0.3, -0.25) is 4.99 Å². The number of anilines is 1. The zero-order chi connectivity index (χ0) is 20.7. The molecule has 0 saturated carbocycles. The van der Waals surface area contributed by atoms with Gasteiger partial charge >= 0.3 is 6.18 Å². The third-order valence-electron chi connectivity index (χ3n) is 4.66. The minimum absolute atomic E-state index is 0.195. The first-order chi connectivity index (χ1) is 13.9. The molecule has 0 spiro atoms. The summed E-state index contributed by atoms with van der Waals surface area (Å²) in [6, 6.07) is 17.1. The average molecular weight is 406 g/mol. The molecule has 0 radical (unpaired) electrons. The van der Waals surface area contributed by atoms with E-state index in [1.807, 2.05) is 18.2 Å². The minimum atomic E-state index is -4.34. The first-order valence-corrected chi connectivity index (χ1v) is 9.48. The van der Waals surface area contributed by atoms with Gasteiger partial charge in [0.1, 0.15) is 5.75 Å². The van der Waals surface area contributed by atoms with Crippen molar-refractivity contribution in [3.05, 3.63) is 60.2 Å². The van der Waals surface area contributed by atoms with Gasteiger partial charge < -0.3 is 20.3 Å². The summed E-state index contributed by atoms with van der Waals surface area (Å²) in [5, 5.41) is 6.67. The van der Waals surface area contributed by atoms with E-state index in [9.17, 15) is 13.2 Å². The Morgan fingerprint density at radius 3 is 2.52 bits per heavy atom. The smallest absolute Gasteiger partial charge is 0.422 e. The molecule has 0 aliphatic carbocycles. The summed E-state index contributed by atoms with van der Waals surface area (Å²) in [7, 11) is 1.72. The molecule has 0 amide bonds. The third kappa shape index (κ3) is 6.58. The number of para-hydroxylation sites is 1. The van der Waals surface area contributed by atoms with Crippen molar-refractivity contribution >= 4 is 11.6 Å². The van der Waals surface area contributed by atoms with Crippen LogP contribution in [0.3, 0.4) is 0 Å². The Hall–Kier alpha value is -2.90. The van der Waals surface area contributed by atoms with Crippen LogP contribution in [0.15, 0.2) is 59.6 Å². The Labute approximate surface area is 168 Å². The molecule has 3 rings (SSSR count). The number of benzene rings is 2. The van der Waals surface area contributed by atoms with Gasteiger partial charge in [0.15, 0.2) is 12.6 Å². The van der Waals surface area contributed by atoms with Gasteiger partial charge in [-0.15, -0.1) is 0 Å². The van der Waals surface area contributed by atoms with Crippen molar-refractivity contribution in [2.75, 3.05) is 31.6 Å². The molecule has 29 heavy (non-hydrogen) atoms. The zero-order valence-corrected chi connectivity index (χ0v) is 16.2. The van der Waals surface area contributed by atoms with Crippen molar-refractivity contribution in [3.63, 3.8) is 0 Å². The van der Waals surface area contributed by atoms with E-state index in [2.05, 4.69) is 32.7 Å². The molecule has 156 valence electrons. The molecule has 8 heteroatoms. The maximum Gasteiger partial charge on any atom is 0.422 e. The van der Waals surface area contributed by atoms with Gasteiger partial charge in [0, 0.05) is 38.4 Å². The van der Waals surface area contributed by atoms with E-state index in [0.717, 1.165) is 25.1 Å². The maximum atomic E-state index is 12.2. The van der Waals surface area contributed by atoms with E-state index >= 15 is 0 Å². The van der Waals surface area contributed by atoms with E-state index in [1.54, 1.807) is 19.2 Å². The number of halogens is 3. The second-order valence-corrected chi connectivity index (χ2v) is 6.89. The molecule has 2 N–H and O–H groups in total. The number of rotatable bonds is 6. The van der Waals surface area contributed by atoms with Crippen LogP contribution in [0.2, 0.25) is 0 Å². The first-order valence-electron chi connectivity index (χ1n) is 9.48. The van der Waals surface area contributed by atoms with Crippen LogP contribution in [-0.2, 0) is 6.54 Å². The molecule has 1 aliphatic rings. The highest BCUT2D eigenvalue weighted by Gasteiger charge is 2.28. The van der Waals surface area contributed by atoms with Crippen molar-refractivity contribution in [2.45, 2.75) is 25.2 Å². The lowest BCUT2D eigenvalue weighted by atomic mass is 10.2. The number of alkyl halides is 3. The molecule has 5 nitrogen and oxygen atoms in total. The Balaban J connectivity index is 1.45. The number of nitrogens with one attached hydrogen (secondary N) is 2. The minimum Gasteiger partial charge on any atom is -0.484 e. The monoisotopic (exact) mass is 406 g/mol. The fourth-order valence-corrected chi connectivity index (χ4v) is 3.19. The van der Waals surface area contributed by atoms with Gasteiger partial charge in [0.25, 0.3) is 0 Å². The third-order valence-corrected chi connectivity index (χ3v) is 4.66. The van der Waals surface area contributed by atoms with E-state index < -0.39 is 12.8 Å². The summed E-state index contributed by atoms with van der Waals surface area (Å²) in [6.07, 6.45) is -3.32. The zero-order valence-electron chi connectivity index (χ0n) is 16.2. The highest BCUT2D eigenvalue weighted by atomic mass is 19.4. The van der Waals surface area contributed by atoms with Crippen LogP contribution in [0.4, 0.5) is 18.9 Å². The predicted molar refractivity (Wildman–Crippen MR) is 108 cm³/mol. The van der Waals surface area contributed by atoms with Crippen LogP contribution in [0.5, 0.6) is 5.75 Å². The number of aliphatic imine (C=N–C) groups is 1. The Morgan fingerprint density at radius 1 is 1.14 bits per heavy atom. The topological polar surface area (TPSA) is 48.9 Å². The van der Waals surface area contributed by atoms with Gasteiger partial charge in [0.05, 0.1) is 0 Å². The lowest BCUT2D eigenvalue weighted by Gasteiger charge is -2.20. The van der Waals surface area contributed by atoms with Crippen molar-refractivity contribution in [3.8, 4) is 5.75 Å². The number of guanidine groups is 1. The lowest BCUT2D eigenvalue weighted by molar-refractivity contribution is -0.153. The van der Waals surface area contributed by atoms with Gasteiger partial charge in [-0.25, -0.2) is 0 Å². The molecule has 1 unspecified atom stereocenters. The average Bonchev–Trinajstić information content (AvgIpc) is 3.19. The number of hydrogen-bond acceptors (Lipinski definition) is 3. The predicted octanol–water partition coefficient (Wildman–Crippen LogP) is 3.57. The van der Waals surface area contributed by atoms with Crippen molar-refractivity contribution in [1.82, 2.24) is 10.6 Å². The van der Waals surface area contributed by atoms with Crippen LogP contribution in [0.25, 0.3) is 0 Å². The van der Waals surface area contributed by atoms with Crippen LogP contribution in [-0.4, -0.2) is 44.9 Å². The largest absolute Gasteiger partial charge is 0.484 e. The van der Waals surface area contributed by atoms with Gasteiger partial charge in [-0.1, -0.05) is 30.3 Å². The molecule has 2 aromatic rings. The molecule has 1 heterocycles. The van der Waals surface area contributed by atoms with Gasteiger partial charge in [-0.05, 0) is 36.2 Å². The summed E-state index contributed by atoms with van der Waals surface area (Å²) in [6.45, 7) is 1.10. The maximum absolute atomic E-state index is 12.2. The first kappa shape index (κ1) is 20.8. The second kappa shape index (κ2) is 9.54. The second-order valence-electron chi connectivity index (χ2n) is 6.89.